The van der Waals surface area contributed by atoms with Gasteiger partial charge in [0, 0.05) is 6.04 Å². The highest BCUT2D eigenvalue weighted by atomic mass is 16.6. The van der Waals surface area contributed by atoms with Gasteiger partial charge in [0.05, 0.1) is 12.6 Å². The van der Waals surface area contributed by atoms with Crippen molar-refractivity contribution in [2.45, 2.75) is 128 Å². The molecule has 1 heterocycles. The third kappa shape index (κ3) is 7.69. The summed E-state index contributed by atoms with van der Waals surface area (Å²) >= 11 is 0. The number of nitrogens with one attached hydrogen (secondary N) is 1. The van der Waals surface area contributed by atoms with Crippen molar-refractivity contribution in [2.75, 3.05) is 13.2 Å². The molecule has 3 aliphatic rings. The highest BCUT2D eigenvalue weighted by Crippen LogP contribution is 2.37. The van der Waals surface area contributed by atoms with Crippen LogP contribution in [0.25, 0.3) is 0 Å². The summed E-state index contributed by atoms with van der Waals surface area (Å²) in [6, 6.07) is -0.888. The lowest BCUT2D eigenvalue weighted by Gasteiger charge is -2.33. The molecule has 1 saturated heterocycles. The van der Waals surface area contributed by atoms with Crippen LogP contribution < -0.4 is 5.32 Å². The van der Waals surface area contributed by atoms with Gasteiger partial charge in [0.15, 0.2) is 0 Å². The van der Waals surface area contributed by atoms with Crippen molar-refractivity contribution < 1.29 is 23.9 Å². The van der Waals surface area contributed by atoms with Crippen LogP contribution >= 0.6 is 0 Å². The fourth-order valence-electron chi connectivity index (χ4n) is 6.13. The number of likely N-dealkylation sites (tertiary alicyclic amines) is 1. The minimum absolute atomic E-state index is 0.0262. The average molecular weight is 479 g/mol. The molecule has 0 bridgehead atoms. The van der Waals surface area contributed by atoms with Gasteiger partial charge >= 0.3 is 11.9 Å². The van der Waals surface area contributed by atoms with Crippen LogP contribution in [-0.4, -0.2) is 59.6 Å². The van der Waals surface area contributed by atoms with Crippen molar-refractivity contribution >= 4 is 17.8 Å². The highest BCUT2D eigenvalue weighted by Gasteiger charge is 2.42. The smallest absolute Gasteiger partial charge is 0.326 e. The summed E-state index contributed by atoms with van der Waals surface area (Å²) in [5.41, 5.74) is -0.590. The molecular weight excluding hydrogens is 432 g/mol. The summed E-state index contributed by atoms with van der Waals surface area (Å²) in [5, 5.41) is 3.39. The largest absolute Gasteiger partial charge is 0.465 e. The minimum atomic E-state index is -0.590. The summed E-state index contributed by atoms with van der Waals surface area (Å²) < 4.78 is 10.9. The fourth-order valence-corrected chi connectivity index (χ4v) is 6.13. The van der Waals surface area contributed by atoms with Crippen LogP contribution in [0.1, 0.15) is 105 Å². The number of rotatable bonds is 9. The lowest BCUT2D eigenvalue weighted by atomic mass is 9.85. The molecule has 0 aromatic rings. The number of esters is 2. The number of amides is 1. The Morgan fingerprint density at radius 2 is 1.76 bits per heavy atom. The monoisotopic (exact) mass is 478 g/mol. The van der Waals surface area contributed by atoms with E-state index in [0.717, 1.165) is 32.1 Å². The number of nitrogens with zero attached hydrogens (tertiary/aromatic N) is 1. The van der Waals surface area contributed by atoms with E-state index < -0.39 is 17.7 Å². The summed E-state index contributed by atoms with van der Waals surface area (Å²) in [5.74, 6) is 0.342. The number of carbonyl (C=O) groups excluding carboxylic acids is 3. The average Bonchev–Trinajstić information content (AvgIpc) is 3.20. The summed E-state index contributed by atoms with van der Waals surface area (Å²) in [6.07, 6.45) is 12.7. The molecule has 194 valence electrons. The predicted molar refractivity (Wildman–Crippen MR) is 131 cm³/mol. The number of hydrogen-bond donors (Lipinski definition) is 1. The standard InChI is InChI=1S/C27H46N2O5/c1-5-33-26(32)22(16-14-19-10-7-6-8-11-19)28-21-17-15-20-12-9-13-23(20)29(25(21)31)18-24(30)34-27(2,3)4/h19-23,28H,5-18H2,1-4H3/t20-,21-,22-,23+/m0/s1. The van der Waals surface area contributed by atoms with E-state index in [1.165, 1.54) is 32.1 Å². The molecule has 1 aliphatic heterocycles. The molecule has 3 rings (SSSR count). The first-order valence-corrected chi connectivity index (χ1v) is 13.6. The number of fused-ring (bicyclic) bond motifs is 1. The molecule has 34 heavy (non-hydrogen) atoms. The van der Waals surface area contributed by atoms with Gasteiger partial charge in [0.1, 0.15) is 18.2 Å². The van der Waals surface area contributed by atoms with Gasteiger partial charge in [-0.1, -0.05) is 38.5 Å². The topological polar surface area (TPSA) is 84.9 Å². The van der Waals surface area contributed by atoms with E-state index in [0.29, 0.717) is 31.3 Å². The van der Waals surface area contributed by atoms with E-state index in [-0.39, 0.29) is 30.4 Å². The molecule has 0 radical (unpaired) electrons. The lowest BCUT2D eigenvalue weighted by molar-refractivity contribution is -0.160. The highest BCUT2D eigenvalue weighted by molar-refractivity contribution is 5.87. The van der Waals surface area contributed by atoms with E-state index in [1.54, 1.807) is 4.90 Å². The van der Waals surface area contributed by atoms with Crippen molar-refractivity contribution in [1.29, 1.82) is 0 Å². The molecule has 4 atom stereocenters. The maximum absolute atomic E-state index is 13.7. The van der Waals surface area contributed by atoms with Gasteiger partial charge in [-0.15, -0.1) is 0 Å². The van der Waals surface area contributed by atoms with Gasteiger partial charge in [0.25, 0.3) is 0 Å². The second-order valence-corrected chi connectivity index (χ2v) is 11.5. The summed E-state index contributed by atoms with van der Waals surface area (Å²) in [6.45, 7) is 7.64. The first-order chi connectivity index (χ1) is 16.2. The van der Waals surface area contributed by atoms with Gasteiger partial charge in [-0.2, -0.15) is 0 Å². The molecular formula is C27H46N2O5. The van der Waals surface area contributed by atoms with Crippen LogP contribution in [0, 0.1) is 11.8 Å². The van der Waals surface area contributed by atoms with Crippen LogP contribution in [-0.2, 0) is 23.9 Å². The molecule has 2 saturated carbocycles. The van der Waals surface area contributed by atoms with Crippen LogP contribution in [0.3, 0.4) is 0 Å². The maximum Gasteiger partial charge on any atom is 0.326 e. The third-order valence-electron chi connectivity index (χ3n) is 7.71. The lowest BCUT2D eigenvalue weighted by Crippen LogP contribution is -2.54. The van der Waals surface area contributed by atoms with Gasteiger partial charge in [0.2, 0.25) is 5.91 Å². The Morgan fingerprint density at radius 3 is 2.44 bits per heavy atom. The van der Waals surface area contributed by atoms with E-state index in [1.807, 2.05) is 27.7 Å². The van der Waals surface area contributed by atoms with Crippen molar-refractivity contribution in [3.63, 3.8) is 0 Å². The van der Waals surface area contributed by atoms with Gasteiger partial charge < -0.3 is 14.4 Å². The first kappa shape index (κ1) is 27.0. The molecule has 0 spiro atoms. The molecule has 2 aliphatic carbocycles. The molecule has 1 N–H and O–H groups in total. The maximum atomic E-state index is 13.7. The molecule has 7 nitrogen and oxygen atoms in total. The minimum Gasteiger partial charge on any atom is -0.465 e. The van der Waals surface area contributed by atoms with Crippen molar-refractivity contribution in [3.8, 4) is 0 Å². The number of hydrogen-bond acceptors (Lipinski definition) is 6. The molecule has 7 heteroatoms. The quantitative estimate of drug-likeness (QED) is 0.496. The van der Waals surface area contributed by atoms with Crippen LogP contribution in [0.15, 0.2) is 0 Å². The van der Waals surface area contributed by atoms with Gasteiger partial charge in [-0.25, -0.2) is 0 Å². The van der Waals surface area contributed by atoms with Crippen molar-refractivity contribution in [1.82, 2.24) is 10.2 Å². The third-order valence-corrected chi connectivity index (χ3v) is 7.71. The molecule has 3 fully saturated rings. The first-order valence-electron chi connectivity index (χ1n) is 13.6. The molecule has 0 aromatic heterocycles. The normalized spacial score (nSPS) is 27.1. The Bertz CT molecular complexity index is 698. The Labute approximate surface area is 205 Å². The second kappa shape index (κ2) is 12.4. The number of ether oxygens (including phenoxy) is 2. The zero-order valence-corrected chi connectivity index (χ0v) is 21.8. The zero-order chi connectivity index (χ0) is 24.7. The van der Waals surface area contributed by atoms with E-state index in [2.05, 4.69) is 5.32 Å². The van der Waals surface area contributed by atoms with Crippen LogP contribution in [0.2, 0.25) is 0 Å². The van der Waals surface area contributed by atoms with Crippen LogP contribution in [0.5, 0.6) is 0 Å². The molecule has 0 unspecified atom stereocenters. The number of carbonyl (C=O) groups is 3. The van der Waals surface area contributed by atoms with E-state index >= 15 is 0 Å². The Morgan fingerprint density at radius 1 is 1.03 bits per heavy atom. The second-order valence-electron chi connectivity index (χ2n) is 11.5. The fraction of sp³-hybridized carbons (Fsp3) is 0.889. The Kier molecular flexibility index (Phi) is 9.81. The van der Waals surface area contributed by atoms with Gasteiger partial charge in [-0.05, 0) is 78.1 Å². The Balaban J connectivity index is 1.70. The molecule has 0 aromatic carbocycles. The van der Waals surface area contributed by atoms with E-state index in [9.17, 15) is 14.4 Å². The van der Waals surface area contributed by atoms with Crippen LogP contribution in [0.4, 0.5) is 0 Å². The summed E-state index contributed by atoms with van der Waals surface area (Å²) in [7, 11) is 0. The Hall–Kier alpha value is -1.63. The van der Waals surface area contributed by atoms with E-state index in [4.69, 9.17) is 9.47 Å². The van der Waals surface area contributed by atoms with Crippen molar-refractivity contribution in [3.05, 3.63) is 0 Å². The molecule has 1 amide bonds. The SMILES string of the molecule is CCOC(=O)[C@H](CCC1CCCCC1)N[C@H]1CC[C@@H]2CCC[C@H]2N(CC(=O)OC(C)(C)C)C1=O. The predicted octanol–water partition coefficient (Wildman–Crippen LogP) is 4.37. The van der Waals surface area contributed by atoms with Gasteiger partial charge in [-0.3, -0.25) is 19.7 Å². The van der Waals surface area contributed by atoms with Crippen molar-refractivity contribution in [2.24, 2.45) is 11.8 Å². The summed E-state index contributed by atoms with van der Waals surface area (Å²) in [4.78, 5) is 40.9. The zero-order valence-electron chi connectivity index (χ0n) is 21.8.